The van der Waals surface area contributed by atoms with E-state index in [1.165, 1.54) is 37.1 Å². The van der Waals surface area contributed by atoms with Crippen molar-refractivity contribution < 1.29 is 4.79 Å². The number of hydrogen-bond donors (Lipinski definition) is 0. The minimum absolute atomic E-state index is 0.387. The molecule has 0 radical (unpaired) electrons. The third-order valence-corrected chi connectivity index (χ3v) is 4.66. The van der Waals surface area contributed by atoms with Gasteiger partial charge in [-0.2, -0.15) is 0 Å². The summed E-state index contributed by atoms with van der Waals surface area (Å²) in [7, 11) is 0. The molecule has 2 nitrogen and oxygen atoms in total. The van der Waals surface area contributed by atoms with E-state index < -0.39 is 0 Å². The molecule has 15 heavy (non-hydrogen) atoms. The maximum atomic E-state index is 11.9. The lowest BCUT2D eigenvalue weighted by Crippen LogP contribution is -2.41. The van der Waals surface area contributed by atoms with Crippen LogP contribution >= 0.6 is 0 Å². The Labute approximate surface area is 91.3 Å². The molecule has 1 atom stereocenters. The van der Waals surface area contributed by atoms with Gasteiger partial charge < -0.3 is 4.90 Å². The molecule has 1 aliphatic carbocycles. The zero-order valence-electron chi connectivity index (χ0n) is 9.51. The Balaban J connectivity index is 2.11. The SMILES string of the molecule is CCC12CCCN3CCC(=C31)C(=O)CC2. The number of ketones is 1. The van der Waals surface area contributed by atoms with E-state index in [9.17, 15) is 4.79 Å². The molecular formula is C13H19NO. The molecule has 82 valence electrons. The number of carbonyl (C=O) groups excluding carboxylic acids is 1. The number of nitrogens with zero attached hydrogens (tertiary/aromatic N) is 1. The normalized spacial score (nSPS) is 34.7. The van der Waals surface area contributed by atoms with Gasteiger partial charge in [-0.25, -0.2) is 0 Å². The third-order valence-electron chi connectivity index (χ3n) is 4.66. The van der Waals surface area contributed by atoms with E-state index in [2.05, 4.69) is 11.8 Å². The van der Waals surface area contributed by atoms with Crippen molar-refractivity contribution in [3.05, 3.63) is 11.3 Å². The maximum Gasteiger partial charge on any atom is 0.160 e. The minimum Gasteiger partial charge on any atom is -0.374 e. The van der Waals surface area contributed by atoms with Gasteiger partial charge in [0.15, 0.2) is 5.78 Å². The van der Waals surface area contributed by atoms with Crippen LogP contribution in [-0.4, -0.2) is 23.8 Å². The highest BCUT2D eigenvalue weighted by molar-refractivity contribution is 5.97. The molecule has 3 rings (SSSR count). The molecule has 2 heterocycles. The van der Waals surface area contributed by atoms with Crippen LogP contribution in [-0.2, 0) is 4.79 Å². The van der Waals surface area contributed by atoms with E-state index in [1.54, 1.807) is 0 Å². The van der Waals surface area contributed by atoms with Crippen LogP contribution in [0.5, 0.6) is 0 Å². The Morgan fingerprint density at radius 2 is 2.13 bits per heavy atom. The number of allylic oxidation sites excluding steroid dienone is 1. The summed E-state index contributed by atoms with van der Waals surface area (Å²) >= 11 is 0. The third kappa shape index (κ3) is 1.14. The highest BCUT2D eigenvalue weighted by Crippen LogP contribution is 2.52. The van der Waals surface area contributed by atoms with E-state index in [0.29, 0.717) is 11.2 Å². The smallest absolute Gasteiger partial charge is 0.160 e. The molecule has 0 bridgehead atoms. The highest BCUT2D eigenvalue weighted by atomic mass is 16.1. The zero-order chi connectivity index (χ0) is 10.5. The monoisotopic (exact) mass is 205 g/mol. The number of carbonyl (C=O) groups is 1. The number of Topliss-reactive ketones (excluding diaryl/α,β-unsaturated/α-hetero) is 1. The molecule has 0 aromatic rings. The van der Waals surface area contributed by atoms with Crippen molar-refractivity contribution in [2.24, 2.45) is 5.41 Å². The Bertz CT molecular complexity index is 344. The molecule has 0 amide bonds. The van der Waals surface area contributed by atoms with E-state index in [0.717, 1.165) is 25.8 Å². The van der Waals surface area contributed by atoms with Gasteiger partial charge in [0.05, 0.1) is 0 Å². The Hall–Kier alpha value is -0.790. The van der Waals surface area contributed by atoms with Gasteiger partial charge in [-0.15, -0.1) is 0 Å². The van der Waals surface area contributed by atoms with Crippen LogP contribution in [0.4, 0.5) is 0 Å². The van der Waals surface area contributed by atoms with Crippen LogP contribution < -0.4 is 0 Å². The summed E-state index contributed by atoms with van der Waals surface area (Å²) in [4.78, 5) is 14.4. The second-order valence-corrected chi connectivity index (χ2v) is 5.22. The summed E-state index contributed by atoms with van der Waals surface area (Å²) in [6.45, 7) is 4.59. The largest absolute Gasteiger partial charge is 0.374 e. The van der Waals surface area contributed by atoms with Gasteiger partial charge >= 0.3 is 0 Å². The zero-order valence-corrected chi connectivity index (χ0v) is 9.51. The maximum absolute atomic E-state index is 11.9. The molecule has 1 unspecified atom stereocenters. The van der Waals surface area contributed by atoms with Crippen LogP contribution in [0.1, 0.15) is 45.4 Å². The van der Waals surface area contributed by atoms with Gasteiger partial charge in [-0.1, -0.05) is 6.92 Å². The molecule has 3 aliphatic rings. The van der Waals surface area contributed by atoms with Crippen LogP contribution in [0.25, 0.3) is 0 Å². The Morgan fingerprint density at radius 1 is 1.27 bits per heavy atom. The fourth-order valence-corrected chi connectivity index (χ4v) is 3.81. The minimum atomic E-state index is 0.387. The molecular weight excluding hydrogens is 186 g/mol. The first-order chi connectivity index (χ1) is 7.27. The number of piperidine rings is 1. The Kier molecular flexibility index (Phi) is 1.95. The quantitative estimate of drug-likeness (QED) is 0.655. The van der Waals surface area contributed by atoms with Crippen molar-refractivity contribution in [2.45, 2.75) is 45.4 Å². The van der Waals surface area contributed by atoms with E-state index >= 15 is 0 Å². The lowest BCUT2D eigenvalue weighted by atomic mass is 9.67. The average molecular weight is 205 g/mol. The van der Waals surface area contributed by atoms with Gasteiger partial charge in [0.2, 0.25) is 0 Å². The molecule has 1 fully saturated rings. The van der Waals surface area contributed by atoms with Crippen molar-refractivity contribution in [3.63, 3.8) is 0 Å². The van der Waals surface area contributed by atoms with Gasteiger partial charge in [-0.05, 0) is 32.1 Å². The fourth-order valence-electron chi connectivity index (χ4n) is 3.81. The van der Waals surface area contributed by atoms with Gasteiger partial charge in [0, 0.05) is 36.2 Å². The Morgan fingerprint density at radius 3 is 2.93 bits per heavy atom. The predicted octanol–water partition coefficient (Wildman–Crippen LogP) is 2.50. The molecule has 0 spiro atoms. The molecule has 1 saturated heterocycles. The second-order valence-electron chi connectivity index (χ2n) is 5.22. The second kappa shape index (κ2) is 3.10. The molecule has 0 aromatic carbocycles. The molecule has 0 N–H and O–H groups in total. The van der Waals surface area contributed by atoms with E-state index in [1.807, 2.05) is 0 Å². The van der Waals surface area contributed by atoms with Crippen molar-refractivity contribution in [2.75, 3.05) is 13.1 Å². The van der Waals surface area contributed by atoms with Crippen LogP contribution in [0.3, 0.4) is 0 Å². The molecule has 0 aromatic heterocycles. The summed E-state index contributed by atoms with van der Waals surface area (Å²) in [6, 6.07) is 0. The van der Waals surface area contributed by atoms with Crippen molar-refractivity contribution >= 4 is 5.78 Å². The van der Waals surface area contributed by atoms with Crippen molar-refractivity contribution in [3.8, 4) is 0 Å². The molecule has 2 aliphatic heterocycles. The first kappa shape index (κ1) is 9.44. The fraction of sp³-hybridized carbons (Fsp3) is 0.769. The van der Waals surface area contributed by atoms with Crippen molar-refractivity contribution in [1.82, 2.24) is 4.90 Å². The van der Waals surface area contributed by atoms with Crippen LogP contribution in [0, 0.1) is 5.41 Å². The summed E-state index contributed by atoms with van der Waals surface area (Å²) in [6.07, 6.45) is 6.79. The van der Waals surface area contributed by atoms with Gasteiger partial charge in [0.1, 0.15) is 0 Å². The van der Waals surface area contributed by atoms with Crippen LogP contribution in [0.2, 0.25) is 0 Å². The highest BCUT2D eigenvalue weighted by Gasteiger charge is 2.46. The summed E-state index contributed by atoms with van der Waals surface area (Å²) in [5.74, 6) is 0.443. The number of rotatable bonds is 1. The van der Waals surface area contributed by atoms with Gasteiger partial charge in [0.25, 0.3) is 0 Å². The first-order valence-electron chi connectivity index (χ1n) is 6.29. The van der Waals surface area contributed by atoms with E-state index in [-0.39, 0.29) is 0 Å². The molecule has 0 saturated carbocycles. The summed E-state index contributed by atoms with van der Waals surface area (Å²) in [5.41, 5.74) is 3.05. The average Bonchev–Trinajstić information content (AvgIpc) is 2.70. The molecule has 2 heteroatoms. The van der Waals surface area contributed by atoms with E-state index in [4.69, 9.17) is 0 Å². The topological polar surface area (TPSA) is 20.3 Å². The van der Waals surface area contributed by atoms with Crippen molar-refractivity contribution in [1.29, 1.82) is 0 Å². The standard InChI is InChI=1S/C13H19NO/c1-2-13-6-3-8-14-9-5-10(12(13)14)11(15)4-7-13/h2-9H2,1H3. The first-order valence-corrected chi connectivity index (χ1v) is 6.29. The lowest BCUT2D eigenvalue weighted by Gasteiger charge is -2.46. The van der Waals surface area contributed by atoms with Crippen LogP contribution in [0.15, 0.2) is 11.3 Å². The predicted molar refractivity (Wildman–Crippen MR) is 59.4 cm³/mol. The van der Waals surface area contributed by atoms with Gasteiger partial charge in [-0.3, -0.25) is 4.79 Å². The lowest BCUT2D eigenvalue weighted by molar-refractivity contribution is -0.117. The summed E-state index contributed by atoms with van der Waals surface area (Å²) in [5, 5.41) is 0. The summed E-state index contributed by atoms with van der Waals surface area (Å²) < 4.78 is 0. The number of hydrogen-bond acceptors (Lipinski definition) is 2.